The molecule has 1 saturated heterocycles. The number of hydrogen-bond donors (Lipinski definition) is 2. The van der Waals surface area contributed by atoms with Crippen molar-refractivity contribution in [1.82, 2.24) is 5.32 Å². The van der Waals surface area contributed by atoms with Crippen LogP contribution in [0.5, 0.6) is 0 Å². The first kappa shape index (κ1) is 8.37. The highest BCUT2D eigenvalue weighted by Crippen LogP contribution is 2.17. The summed E-state index contributed by atoms with van der Waals surface area (Å²) in [5.74, 6) is 0. The number of thiol groups is 1. The zero-order valence-electron chi connectivity index (χ0n) is 6.80. The van der Waals surface area contributed by atoms with E-state index in [9.17, 15) is 0 Å². The van der Waals surface area contributed by atoms with Crippen LogP contribution in [-0.2, 0) is 0 Å². The van der Waals surface area contributed by atoms with E-state index >= 15 is 0 Å². The molecule has 0 atom stereocenters. The van der Waals surface area contributed by atoms with Crippen molar-refractivity contribution in [1.29, 1.82) is 0 Å². The Labute approximate surface area is 68.7 Å². The Morgan fingerprint density at radius 1 is 1.30 bits per heavy atom. The third kappa shape index (κ3) is 1.65. The Kier molecular flexibility index (Phi) is 2.61. The largest absolute Gasteiger partial charge is 0.306 e. The molecule has 1 aliphatic heterocycles. The van der Waals surface area contributed by atoms with Crippen molar-refractivity contribution in [3.63, 3.8) is 0 Å². The molecule has 1 aliphatic rings. The normalized spacial score (nSPS) is 25.2. The van der Waals surface area contributed by atoms with Gasteiger partial charge in [0.05, 0.1) is 18.9 Å². The molecule has 0 unspecified atom stereocenters. The molecule has 0 aromatic heterocycles. The van der Waals surface area contributed by atoms with Gasteiger partial charge in [-0.15, -0.1) is 0 Å². The number of hydrogen-bond acceptors (Lipinski definition) is 2. The van der Waals surface area contributed by atoms with Crippen LogP contribution in [0.3, 0.4) is 0 Å². The lowest BCUT2D eigenvalue weighted by Crippen LogP contribution is -2.55. The fourth-order valence-corrected chi connectivity index (χ4v) is 1.50. The van der Waals surface area contributed by atoms with E-state index in [2.05, 4.69) is 32.0 Å². The maximum absolute atomic E-state index is 4.64. The van der Waals surface area contributed by atoms with E-state index in [4.69, 9.17) is 0 Å². The molecular formula is C7H17N2S+. The lowest BCUT2D eigenvalue weighted by Gasteiger charge is -2.38. The molecule has 0 spiro atoms. The molecule has 1 rings (SSSR count). The molecule has 0 aromatic rings. The van der Waals surface area contributed by atoms with Crippen LogP contribution in [0.2, 0.25) is 0 Å². The Hall–Kier alpha value is 0.270. The monoisotopic (exact) mass is 161 g/mol. The fourth-order valence-electron chi connectivity index (χ4n) is 1.30. The topological polar surface area (TPSA) is 12.0 Å². The van der Waals surface area contributed by atoms with Crippen LogP contribution in [0.25, 0.3) is 0 Å². The fraction of sp³-hybridized carbons (Fsp3) is 1.00. The van der Waals surface area contributed by atoms with Gasteiger partial charge in [0.1, 0.15) is 13.1 Å². The van der Waals surface area contributed by atoms with Gasteiger partial charge < -0.3 is 5.32 Å². The third-order valence-corrected chi connectivity index (χ3v) is 3.17. The summed E-state index contributed by atoms with van der Waals surface area (Å²) in [6.07, 6.45) is 0. The third-order valence-electron chi connectivity index (χ3n) is 2.31. The van der Waals surface area contributed by atoms with Crippen molar-refractivity contribution < 1.29 is 3.89 Å². The number of quaternary nitrogens is 1. The second-order valence-corrected chi connectivity index (χ2v) is 4.07. The van der Waals surface area contributed by atoms with Crippen LogP contribution in [-0.4, -0.2) is 36.1 Å². The van der Waals surface area contributed by atoms with Crippen LogP contribution in [0.15, 0.2) is 0 Å². The standard InChI is InChI=1S/C7H17N2S/c1-7(2)9(10)5-3-8-4-6-9/h7-8,10H,3-6H2,1-2H3/q+1. The van der Waals surface area contributed by atoms with Crippen molar-refractivity contribution in [3.05, 3.63) is 0 Å². The zero-order chi connectivity index (χ0) is 7.61. The highest BCUT2D eigenvalue weighted by molar-refractivity contribution is 7.74. The molecule has 2 nitrogen and oxygen atoms in total. The molecule has 0 aliphatic carbocycles. The van der Waals surface area contributed by atoms with E-state index in [1.54, 1.807) is 0 Å². The zero-order valence-corrected chi connectivity index (χ0v) is 7.69. The van der Waals surface area contributed by atoms with Gasteiger partial charge in [0.15, 0.2) is 0 Å². The minimum Gasteiger partial charge on any atom is -0.306 e. The predicted octanol–water partition coefficient (Wildman–Crippen LogP) is 0.660. The molecule has 0 bridgehead atoms. The number of nitrogens with zero attached hydrogens (tertiary/aromatic N) is 1. The minimum atomic E-state index is 0.644. The van der Waals surface area contributed by atoms with Crippen molar-refractivity contribution in [3.8, 4) is 0 Å². The summed E-state index contributed by atoms with van der Waals surface area (Å²) in [7, 11) is 0. The summed E-state index contributed by atoms with van der Waals surface area (Å²) in [4.78, 5) is 0. The second-order valence-electron chi connectivity index (χ2n) is 3.28. The van der Waals surface area contributed by atoms with E-state index in [0.29, 0.717) is 6.04 Å². The highest BCUT2D eigenvalue weighted by atomic mass is 32.1. The smallest absolute Gasteiger partial charge is 0.102 e. The van der Waals surface area contributed by atoms with Gasteiger partial charge in [-0.1, -0.05) is 0 Å². The van der Waals surface area contributed by atoms with Crippen LogP contribution >= 0.6 is 12.8 Å². The second kappa shape index (κ2) is 3.11. The molecular weight excluding hydrogens is 144 g/mol. The molecule has 1 N–H and O–H groups in total. The summed E-state index contributed by atoms with van der Waals surface area (Å²) in [5, 5.41) is 3.33. The average molecular weight is 161 g/mol. The van der Waals surface area contributed by atoms with Gasteiger partial charge in [0.2, 0.25) is 0 Å². The lowest BCUT2D eigenvalue weighted by molar-refractivity contribution is -0.817. The Balaban J connectivity index is 2.48. The predicted molar refractivity (Wildman–Crippen MR) is 47.0 cm³/mol. The average Bonchev–Trinajstić information content (AvgIpc) is 1.89. The van der Waals surface area contributed by atoms with Crippen molar-refractivity contribution in [2.45, 2.75) is 19.9 Å². The van der Waals surface area contributed by atoms with Gasteiger partial charge in [0.25, 0.3) is 0 Å². The summed E-state index contributed by atoms with van der Waals surface area (Å²) in [6, 6.07) is 0.644. The SMILES string of the molecule is CC(C)[N+]1(S)CCNCC1. The Bertz CT molecular complexity index is 108. The van der Waals surface area contributed by atoms with Gasteiger partial charge in [-0.2, -0.15) is 0 Å². The van der Waals surface area contributed by atoms with Crippen LogP contribution in [0.1, 0.15) is 13.8 Å². The summed E-state index contributed by atoms with van der Waals surface area (Å²) >= 11 is 4.64. The molecule has 10 heavy (non-hydrogen) atoms. The highest BCUT2D eigenvalue weighted by Gasteiger charge is 2.29. The molecule has 3 heteroatoms. The Morgan fingerprint density at radius 2 is 1.80 bits per heavy atom. The molecule has 0 saturated carbocycles. The first-order chi connectivity index (χ1) is 4.65. The maximum Gasteiger partial charge on any atom is 0.102 e. The number of nitrogens with one attached hydrogen (secondary N) is 1. The van der Waals surface area contributed by atoms with Crippen molar-refractivity contribution in [2.75, 3.05) is 26.2 Å². The molecule has 0 amide bonds. The number of piperazine rings is 1. The quantitative estimate of drug-likeness (QED) is 0.425. The van der Waals surface area contributed by atoms with E-state index < -0.39 is 0 Å². The van der Waals surface area contributed by atoms with Gasteiger partial charge in [-0.3, -0.25) is 3.89 Å². The van der Waals surface area contributed by atoms with E-state index in [-0.39, 0.29) is 0 Å². The van der Waals surface area contributed by atoms with Gasteiger partial charge in [-0.25, -0.2) is 0 Å². The van der Waals surface area contributed by atoms with Gasteiger partial charge in [0, 0.05) is 13.1 Å². The summed E-state index contributed by atoms with van der Waals surface area (Å²) < 4.78 is 0.938. The number of rotatable bonds is 1. The van der Waals surface area contributed by atoms with Crippen LogP contribution in [0.4, 0.5) is 0 Å². The minimum absolute atomic E-state index is 0.644. The van der Waals surface area contributed by atoms with Crippen molar-refractivity contribution in [2.24, 2.45) is 0 Å². The molecule has 1 heterocycles. The van der Waals surface area contributed by atoms with E-state index in [0.717, 1.165) is 30.1 Å². The molecule has 0 aromatic carbocycles. The lowest BCUT2D eigenvalue weighted by atomic mass is 10.3. The van der Waals surface area contributed by atoms with Gasteiger partial charge in [-0.05, 0) is 13.8 Å². The molecule has 0 radical (unpaired) electrons. The van der Waals surface area contributed by atoms with E-state index in [1.165, 1.54) is 0 Å². The summed E-state index contributed by atoms with van der Waals surface area (Å²) in [5.41, 5.74) is 0. The van der Waals surface area contributed by atoms with Gasteiger partial charge >= 0.3 is 0 Å². The summed E-state index contributed by atoms with van der Waals surface area (Å²) in [6.45, 7) is 9.00. The van der Waals surface area contributed by atoms with Crippen molar-refractivity contribution >= 4 is 12.8 Å². The van der Waals surface area contributed by atoms with E-state index in [1.807, 2.05) is 0 Å². The maximum atomic E-state index is 4.64. The molecule has 60 valence electrons. The van der Waals surface area contributed by atoms with Crippen LogP contribution in [0, 0.1) is 0 Å². The first-order valence-electron chi connectivity index (χ1n) is 3.95. The Morgan fingerprint density at radius 3 is 2.10 bits per heavy atom. The first-order valence-corrected chi connectivity index (χ1v) is 4.35. The molecule has 1 fully saturated rings. The van der Waals surface area contributed by atoms with Crippen LogP contribution < -0.4 is 5.32 Å².